The molecule has 3 aromatic rings. The van der Waals surface area contributed by atoms with Gasteiger partial charge in [-0.15, -0.1) is 0 Å². The van der Waals surface area contributed by atoms with Gasteiger partial charge < -0.3 is 4.57 Å². The molecule has 0 saturated carbocycles. The molecule has 1 unspecified atom stereocenters. The molecule has 1 atom stereocenters. The van der Waals surface area contributed by atoms with E-state index in [1.165, 1.54) is 5.56 Å². The van der Waals surface area contributed by atoms with Crippen molar-refractivity contribution in [1.82, 2.24) is 19.5 Å². The maximum Gasteiger partial charge on any atom is 0.162 e. The minimum atomic E-state index is 0.102. The Labute approximate surface area is 172 Å². The fourth-order valence-electron chi connectivity index (χ4n) is 3.69. The number of fused-ring (bicyclic) bond motifs is 1. The van der Waals surface area contributed by atoms with Crippen molar-refractivity contribution in [3.8, 4) is 0 Å². The third-order valence-electron chi connectivity index (χ3n) is 5.54. The number of hydrogen-bond acceptors (Lipinski definition) is 4. The first-order chi connectivity index (χ1) is 13.9. The summed E-state index contributed by atoms with van der Waals surface area (Å²) in [7, 11) is 1.92. The molecular formula is C24H27N5. The molecule has 148 valence electrons. The lowest BCUT2D eigenvalue weighted by Crippen LogP contribution is -2.22. The number of hydrazone groups is 1. The van der Waals surface area contributed by atoms with Gasteiger partial charge in [0.1, 0.15) is 11.2 Å². The fraction of sp³-hybridized carbons (Fsp3) is 0.292. The number of rotatable bonds is 4. The minimum Gasteiger partial charge on any atom is -0.315 e. The Morgan fingerprint density at radius 2 is 1.79 bits per heavy atom. The van der Waals surface area contributed by atoms with Gasteiger partial charge in [-0.05, 0) is 43.0 Å². The smallest absolute Gasteiger partial charge is 0.162 e. The van der Waals surface area contributed by atoms with Gasteiger partial charge in [-0.25, -0.2) is 4.98 Å². The van der Waals surface area contributed by atoms with Crippen molar-refractivity contribution in [2.75, 3.05) is 7.05 Å². The molecular weight excluding hydrogens is 358 g/mol. The number of benzene rings is 1. The highest BCUT2D eigenvalue weighted by atomic mass is 15.4. The average molecular weight is 386 g/mol. The monoisotopic (exact) mass is 385 g/mol. The van der Waals surface area contributed by atoms with Crippen molar-refractivity contribution in [2.45, 2.75) is 39.7 Å². The van der Waals surface area contributed by atoms with Crippen LogP contribution in [-0.2, 0) is 0 Å². The Kier molecular flexibility index (Phi) is 4.82. The van der Waals surface area contributed by atoms with Crippen LogP contribution in [0, 0.1) is 0 Å². The van der Waals surface area contributed by atoms with E-state index in [0.717, 1.165) is 39.5 Å². The predicted octanol–water partition coefficient (Wildman–Crippen LogP) is 5.27. The van der Waals surface area contributed by atoms with E-state index in [-0.39, 0.29) is 6.04 Å². The van der Waals surface area contributed by atoms with Crippen molar-refractivity contribution in [2.24, 2.45) is 5.10 Å². The van der Waals surface area contributed by atoms with Crippen LogP contribution in [0.3, 0.4) is 0 Å². The number of allylic oxidation sites excluding steroid dienone is 2. The van der Waals surface area contributed by atoms with Crippen LogP contribution in [0.4, 0.5) is 0 Å². The summed E-state index contributed by atoms with van der Waals surface area (Å²) in [6.45, 7) is 12.7. The number of nitrogens with zero attached hydrogens (tertiary/aromatic N) is 5. The van der Waals surface area contributed by atoms with Gasteiger partial charge in [-0.3, -0.25) is 9.99 Å². The van der Waals surface area contributed by atoms with E-state index in [0.29, 0.717) is 5.92 Å². The van der Waals surface area contributed by atoms with E-state index in [1.54, 1.807) is 0 Å². The van der Waals surface area contributed by atoms with Crippen molar-refractivity contribution in [1.29, 1.82) is 0 Å². The highest BCUT2D eigenvalue weighted by Crippen LogP contribution is 2.29. The zero-order chi connectivity index (χ0) is 20.7. The molecule has 29 heavy (non-hydrogen) atoms. The Morgan fingerprint density at radius 3 is 2.45 bits per heavy atom. The van der Waals surface area contributed by atoms with Crippen LogP contribution in [0.15, 0.2) is 71.6 Å². The lowest BCUT2D eigenvalue weighted by Gasteiger charge is -2.24. The SMILES string of the molecule is C=C1C(C)=CC(c2nc3cnc(C(C)C)cc3n2C(C)c2ccccc2)=NN1C. The summed E-state index contributed by atoms with van der Waals surface area (Å²) in [5.41, 5.74) is 7.08. The van der Waals surface area contributed by atoms with Crippen LogP contribution in [0.2, 0.25) is 0 Å². The summed E-state index contributed by atoms with van der Waals surface area (Å²) in [5, 5.41) is 6.56. The maximum atomic E-state index is 4.95. The molecule has 0 saturated heterocycles. The first kappa shape index (κ1) is 19.1. The minimum absolute atomic E-state index is 0.102. The van der Waals surface area contributed by atoms with E-state index in [4.69, 9.17) is 10.1 Å². The number of imidazole rings is 1. The van der Waals surface area contributed by atoms with Crippen LogP contribution >= 0.6 is 0 Å². The molecule has 3 heterocycles. The molecule has 1 aliphatic heterocycles. The Bertz CT molecular complexity index is 1130. The molecule has 0 fully saturated rings. The van der Waals surface area contributed by atoms with Gasteiger partial charge in [0.25, 0.3) is 0 Å². The second-order valence-electron chi connectivity index (χ2n) is 7.93. The first-order valence-corrected chi connectivity index (χ1v) is 10.00. The third-order valence-corrected chi connectivity index (χ3v) is 5.54. The predicted molar refractivity (Wildman–Crippen MR) is 119 cm³/mol. The quantitative estimate of drug-likeness (QED) is 0.614. The normalized spacial score (nSPS) is 15.7. The van der Waals surface area contributed by atoms with E-state index >= 15 is 0 Å². The van der Waals surface area contributed by atoms with Crippen molar-refractivity contribution in [3.63, 3.8) is 0 Å². The molecule has 0 radical (unpaired) electrons. The number of aromatic nitrogens is 3. The Hall–Kier alpha value is -3.21. The second-order valence-corrected chi connectivity index (χ2v) is 7.93. The van der Waals surface area contributed by atoms with Gasteiger partial charge >= 0.3 is 0 Å². The summed E-state index contributed by atoms with van der Waals surface area (Å²) in [4.78, 5) is 9.57. The number of pyridine rings is 1. The van der Waals surface area contributed by atoms with Gasteiger partial charge in [-0.2, -0.15) is 5.10 Å². The molecule has 0 spiro atoms. The van der Waals surface area contributed by atoms with Gasteiger partial charge in [0.05, 0.1) is 23.5 Å². The summed E-state index contributed by atoms with van der Waals surface area (Å²) in [6.07, 6.45) is 3.94. The van der Waals surface area contributed by atoms with Crippen LogP contribution in [0.1, 0.15) is 56.7 Å². The largest absolute Gasteiger partial charge is 0.315 e. The summed E-state index contributed by atoms with van der Waals surface area (Å²) < 4.78 is 2.28. The lowest BCUT2D eigenvalue weighted by atomic mass is 10.1. The highest BCUT2D eigenvalue weighted by Gasteiger charge is 2.24. The number of hydrogen-bond donors (Lipinski definition) is 0. The molecule has 4 rings (SSSR count). The van der Waals surface area contributed by atoms with Gasteiger partial charge in [0.2, 0.25) is 0 Å². The third kappa shape index (κ3) is 3.37. The summed E-state index contributed by atoms with van der Waals surface area (Å²) >= 11 is 0. The number of likely N-dealkylation sites (N-methyl/N-ethyl adjacent to an activating group) is 1. The van der Waals surface area contributed by atoms with Crippen LogP contribution < -0.4 is 0 Å². The van der Waals surface area contributed by atoms with Crippen LogP contribution in [0.25, 0.3) is 11.0 Å². The molecule has 1 aliphatic rings. The molecule has 0 aliphatic carbocycles. The standard InChI is InChI=1S/C24H27N5/c1-15(2)20-13-23-22(14-25-20)26-24(21-12-16(3)17(4)28(6)27-21)29(23)18(5)19-10-8-7-9-11-19/h7-15,18H,4H2,1-3,5-6H3. The van der Waals surface area contributed by atoms with E-state index in [9.17, 15) is 0 Å². The zero-order valence-electron chi connectivity index (χ0n) is 17.7. The molecule has 0 bridgehead atoms. The van der Waals surface area contributed by atoms with E-state index in [2.05, 4.69) is 80.2 Å². The maximum absolute atomic E-state index is 4.95. The first-order valence-electron chi connectivity index (χ1n) is 10.00. The lowest BCUT2D eigenvalue weighted by molar-refractivity contribution is 0.451. The molecule has 0 N–H and O–H groups in total. The molecule has 1 aromatic carbocycles. The fourth-order valence-corrected chi connectivity index (χ4v) is 3.69. The Balaban J connectivity index is 1.97. The molecule has 5 nitrogen and oxygen atoms in total. The second kappa shape index (κ2) is 7.32. The summed E-state index contributed by atoms with van der Waals surface area (Å²) in [6, 6.07) is 12.8. The van der Waals surface area contributed by atoms with Crippen molar-refractivity contribution in [3.05, 3.63) is 83.6 Å². The van der Waals surface area contributed by atoms with Crippen molar-refractivity contribution < 1.29 is 0 Å². The topological polar surface area (TPSA) is 46.3 Å². The van der Waals surface area contributed by atoms with E-state index < -0.39 is 0 Å². The summed E-state index contributed by atoms with van der Waals surface area (Å²) in [5.74, 6) is 1.19. The van der Waals surface area contributed by atoms with Gasteiger partial charge in [0, 0.05) is 12.7 Å². The van der Waals surface area contributed by atoms with Crippen LogP contribution in [0.5, 0.6) is 0 Å². The average Bonchev–Trinajstić information content (AvgIpc) is 3.10. The van der Waals surface area contributed by atoms with Gasteiger partial charge in [-0.1, -0.05) is 50.8 Å². The van der Waals surface area contributed by atoms with Gasteiger partial charge in [0.15, 0.2) is 5.82 Å². The van der Waals surface area contributed by atoms with Crippen molar-refractivity contribution >= 4 is 16.7 Å². The van der Waals surface area contributed by atoms with Crippen LogP contribution in [-0.4, -0.2) is 32.3 Å². The molecule has 5 heteroatoms. The molecule has 0 amide bonds. The highest BCUT2D eigenvalue weighted by molar-refractivity contribution is 6.09. The van der Waals surface area contributed by atoms with E-state index in [1.807, 2.05) is 24.3 Å². The Morgan fingerprint density at radius 1 is 1.07 bits per heavy atom. The zero-order valence-corrected chi connectivity index (χ0v) is 17.7. The molecule has 2 aromatic heterocycles.